The maximum atomic E-state index is 13.2. The first-order valence-electron chi connectivity index (χ1n) is 12.8. The van der Waals surface area contributed by atoms with Gasteiger partial charge in [0.15, 0.2) is 0 Å². The Kier molecular flexibility index (Phi) is 9.11. The molecule has 2 aliphatic heterocycles. The van der Waals surface area contributed by atoms with E-state index >= 15 is 0 Å². The molecule has 1 unspecified atom stereocenters. The van der Waals surface area contributed by atoms with E-state index in [0.717, 1.165) is 41.9 Å². The Bertz CT molecular complexity index is 989. The molecule has 2 N–H and O–H groups in total. The van der Waals surface area contributed by atoms with Crippen LogP contribution in [0, 0.1) is 24.2 Å². The Morgan fingerprint density at radius 1 is 1.22 bits per heavy atom. The van der Waals surface area contributed by atoms with Crippen LogP contribution in [0.4, 0.5) is 0 Å². The zero-order chi connectivity index (χ0) is 26.8. The van der Waals surface area contributed by atoms with E-state index in [4.69, 9.17) is 4.74 Å². The van der Waals surface area contributed by atoms with E-state index in [1.807, 2.05) is 32.2 Å². The third-order valence-electron chi connectivity index (χ3n) is 7.99. The smallest absolute Gasteiger partial charge is 0.309 e. The van der Waals surface area contributed by atoms with Gasteiger partial charge < -0.3 is 19.8 Å². The molecule has 1 amide bonds. The number of ketones is 1. The van der Waals surface area contributed by atoms with Gasteiger partial charge in [-0.1, -0.05) is 34.1 Å². The number of carbonyl (C=O) groups excluding carboxylic acids is 3. The molecule has 0 aliphatic carbocycles. The number of fused-ring (bicyclic) bond motifs is 1. The molecular weight excluding hydrogens is 480 g/mol. The second-order valence-corrected chi connectivity index (χ2v) is 12.1. The molecule has 7 atom stereocenters. The number of amides is 1. The lowest BCUT2D eigenvalue weighted by molar-refractivity contribution is -0.154. The molecule has 0 radical (unpaired) electrons. The van der Waals surface area contributed by atoms with Crippen molar-refractivity contribution in [3.05, 3.63) is 21.7 Å². The summed E-state index contributed by atoms with van der Waals surface area (Å²) < 4.78 is 5.85. The van der Waals surface area contributed by atoms with Crippen molar-refractivity contribution in [3.63, 3.8) is 0 Å². The number of thiazole rings is 1. The predicted octanol–water partition coefficient (Wildman–Crippen LogP) is 3.53. The lowest BCUT2D eigenvalue weighted by Gasteiger charge is -2.34. The number of carbonyl (C=O) groups is 3. The van der Waals surface area contributed by atoms with Gasteiger partial charge in [-0.15, -0.1) is 11.3 Å². The maximum Gasteiger partial charge on any atom is 0.309 e. The standard InChI is InChI=1S/C27H40N2O6S/c1-15-8-7-9-20-21(29(20)14-30)11-22(16(2)10-19-13-36-18(4)28-19)35-24(32)12-23(31)27(5,6)26(34)17(3)25(15)33/h10,13-15,17,20-23,25,31,33H,7-9,11-12H2,1-6H3/b16-10+/t15?,17-,20-,21+,22+,23+,25+,29?/m1/s1. The first-order valence-corrected chi connectivity index (χ1v) is 13.7. The van der Waals surface area contributed by atoms with Gasteiger partial charge in [0.05, 0.1) is 46.8 Å². The minimum atomic E-state index is -1.26. The average Bonchev–Trinajstić information content (AvgIpc) is 3.32. The number of aliphatic hydroxyl groups is 2. The summed E-state index contributed by atoms with van der Waals surface area (Å²) in [5, 5.41) is 24.6. The topological polar surface area (TPSA) is 117 Å². The van der Waals surface area contributed by atoms with E-state index in [2.05, 4.69) is 4.98 Å². The SMILES string of the molecule is C/C(=C\c1csc(C)n1)[C@@H]1C[C@H]2[C@@H](CCCC(C)[C@H](O)[C@@H](C)C(=O)C(C)(C)[C@@H](O)CC(=O)O1)N2C=O. The highest BCUT2D eigenvalue weighted by molar-refractivity contribution is 7.09. The number of aryl methyl sites for hydroxylation is 1. The predicted molar refractivity (Wildman–Crippen MR) is 138 cm³/mol. The first-order chi connectivity index (χ1) is 16.9. The van der Waals surface area contributed by atoms with Gasteiger partial charge in [0, 0.05) is 17.7 Å². The fraction of sp³-hybridized carbons (Fsp3) is 0.704. The summed E-state index contributed by atoms with van der Waals surface area (Å²) in [4.78, 5) is 44.1. The average molecular weight is 521 g/mol. The van der Waals surface area contributed by atoms with Crippen molar-refractivity contribution < 1.29 is 29.3 Å². The number of ether oxygens (including phenoxy) is 1. The van der Waals surface area contributed by atoms with Crippen LogP contribution in [-0.4, -0.2) is 68.7 Å². The molecule has 8 nitrogen and oxygen atoms in total. The molecule has 1 aromatic rings. The summed E-state index contributed by atoms with van der Waals surface area (Å²) in [5.74, 6) is -1.70. The van der Waals surface area contributed by atoms with Crippen molar-refractivity contribution in [1.82, 2.24) is 9.88 Å². The number of aliphatic hydroxyl groups excluding tert-OH is 2. The molecule has 200 valence electrons. The number of esters is 1. The molecule has 9 heteroatoms. The quantitative estimate of drug-likeness (QED) is 0.356. The van der Waals surface area contributed by atoms with Gasteiger partial charge in [0.2, 0.25) is 6.41 Å². The van der Waals surface area contributed by atoms with Crippen LogP contribution in [0.3, 0.4) is 0 Å². The fourth-order valence-corrected chi connectivity index (χ4v) is 5.86. The van der Waals surface area contributed by atoms with Crippen LogP contribution in [-0.2, 0) is 19.1 Å². The number of hydrogen-bond donors (Lipinski definition) is 2. The molecule has 2 saturated heterocycles. The summed E-state index contributed by atoms with van der Waals surface area (Å²) in [6.45, 7) is 10.6. The van der Waals surface area contributed by atoms with Gasteiger partial charge in [-0.2, -0.15) is 0 Å². The summed E-state index contributed by atoms with van der Waals surface area (Å²) in [5.41, 5.74) is 0.359. The van der Waals surface area contributed by atoms with Gasteiger partial charge in [-0.25, -0.2) is 4.98 Å². The second kappa shape index (κ2) is 11.5. The van der Waals surface area contributed by atoms with Gasteiger partial charge >= 0.3 is 5.97 Å². The molecular formula is C27H40N2O6S. The van der Waals surface area contributed by atoms with Crippen molar-refractivity contribution in [2.24, 2.45) is 17.3 Å². The van der Waals surface area contributed by atoms with E-state index in [1.165, 1.54) is 11.3 Å². The third kappa shape index (κ3) is 6.42. The number of Topliss-reactive ketones (excluding diaryl/α,β-unsaturated/α-hetero) is 1. The zero-order valence-corrected chi connectivity index (χ0v) is 23.0. The van der Waals surface area contributed by atoms with E-state index in [-0.39, 0.29) is 30.2 Å². The lowest BCUT2D eigenvalue weighted by Crippen LogP contribution is -2.45. The zero-order valence-electron chi connectivity index (χ0n) is 22.1. The molecule has 36 heavy (non-hydrogen) atoms. The minimum Gasteiger partial charge on any atom is -0.458 e. The van der Waals surface area contributed by atoms with Crippen molar-refractivity contribution in [1.29, 1.82) is 0 Å². The molecule has 3 heterocycles. The highest BCUT2D eigenvalue weighted by atomic mass is 32.1. The van der Waals surface area contributed by atoms with E-state index in [0.29, 0.717) is 6.42 Å². The third-order valence-corrected chi connectivity index (χ3v) is 8.78. The Labute approximate surface area is 217 Å². The van der Waals surface area contributed by atoms with E-state index < -0.39 is 35.6 Å². The molecule has 3 rings (SSSR count). The van der Waals surface area contributed by atoms with Crippen LogP contribution in [0.25, 0.3) is 6.08 Å². The van der Waals surface area contributed by atoms with Crippen LogP contribution in [0.2, 0.25) is 0 Å². The monoisotopic (exact) mass is 520 g/mol. The Morgan fingerprint density at radius 2 is 1.92 bits per heavy atom. The van der Waals surface area contributed by atoms with Gasteiger partial charge in [0.1, 0.15) is 11.9 Å². The van der Waals surface area contributed by atoms with Gasteiger partial charge in [-0.3, -0.25) is 14.4 Å². The van der Waals surface area contributed by atoms with Gasteiger partial charge in [0.25, 0.3) is 0 Å². The van der Waals surface area contributed by atoms with E-state index in [9.17, 15) is 24.6 Å². The summed E-state index contributed by atoms with van der Waals surface area (Å²) in [6.07, 6.45) is 2.43. The van der Waals surface area contributed by atoms with Crippen LogP contribution >= 0.6 is 11.3 Å². The van der Waals surface area contributed by atoms with Crippen LogP contribution in [0.5, 0.6) is 0 Å². The molecule has 0 bridgehead atoms. The molecule has 2 fully saturated rings. The number of hydrogen-bond acceptors (Lipinski definition) is 8. The van der Waals surface area contributed by atoms with Crippen molar-refractivity contribution in [2.75, 3.05) is 0 Å². The van der Waals surface area contributed by atoms with Crippen molar-refractivity contribution >= 4 is 35.6 Å². The maximum absolute atomic E-state index is 13.2. The number of nitrogens with zero attached hydrogens (tertiary/aromatic N) is 2. The van der Waals surface area contributed by atoms with Crippen molar-refractivity contribution in [2.45, 2.75) is 104 Å². The number of rotatable bonds is 3. The van der Waals surface area contributed by atoms with E-state index in [1.54, 1.807) is 25.7 Å². The largest absolute Gasteiger partial charge is 0.458 e. The van der Waals surface area contributed by atoms with Crippen LogP contribution in [0.1, 0.15) is 77.4 Å². The summed E-state index contributed by atoms with van der Waals surface area (Å²) >= 11 is 1.53. The summed E-state index contributed by atoms with van der Waals surface area (Å²) in [6, 6.07) is 0.00895. The van der Waals surface area contributed by atoms with Crippen LogP contribution < -0.4 is 0 Å². The first kappa shape index (κ1) is 28.5. The lowest BCUT2D eigenvalue weighted by atomic mass is 9.73. The Morgan fingerprint density at radius 3 is 2.53 bits per heavy atom. The molecule has 0 saturated carbocycles. The molecule has 2 aliphatic rings. The Balaban J connectivity index is 1.88. The van der Waals surface area contributed by atoms with Crippen LogP contribution in [0.15, 0.2) is 11.0 Å². The van der Waals surface area contributed by atoms with Crippen molar-refractivity contribution in [3.8, 4) is 0 Å². The number of aromatic nitrogens is 1. The number of cyclic esters (lactones) is 1. The highest BCUT2D eigenvalue weighted by Gasteiger charge is 2.48. The minimum absolute atomic E-state index is 0.0455. The highest BCUT2D eigenvalue weighted by Crippen LogP contribution is 2.38. The fourth-order valence-electron chi connectivity index (χ4n) is 5.29. The molecule has 0 spiro atoms. The summed E-state index contributed by atoms with van der Waals surface area (Å²) in [7, 11) is 0. The second-order valence-electron chi connectivity index (χ2n) is 11.1. The molecule has 1 aromatic heterocycles. The molecule has 0 aromatic carbocycles. The van der Waals surface area contributed by atoms with Gasteiger partial charge in [-0.05, 0) is 44.3 Å². The normalized spacial score (nSPS) is 34.6. The Hall–Kier alpha value is -2.10.